The SMILES string of the molecule is Clc1ccc(Br)cc1OC1CC(Cl)C12CCCCCC2. The molecule has 1 spiro atoms. The maximum Gasteiger partial charge on any atom is 0.139 e. The zero-order valence-electron chi connectivity index (χ0n) is 11.4. The van der Waals surface area contributed by atoms with E-state index in [1.165, 1.54) is 38.5 Å². The summed E-state index contributed by atoms with van der Waals surface area (Å²) in [7, 11) is 0. The molecule has 2 atom stereocenters. The van der Waals surface area contributed by atoms with Crippen LogP contribution in [0.25, 0.3) is 0 Å². The molecule has 0 saturated heterocycles. The van der Waals surface area contributed by atoms with Crippen LogP contribution in [0.3, 0.4) is 0 Å². The lowest BCUT2D eigenvalue weighted by atomic mass is 9.61. The number of alkyl halides is 1. The predicted molar refractivity (Wildman–Crippen MR) is 88.0 cm³/mol. The molecule has 2 fully saturated rings. The second-order valence-electron chi connectivity index (χ2n) is 6.03. The molecule has 0 radical (unpaired) electrons. The van der Waals surface area contributed by atoms with Gasteiger partial charge in [-0.2, -0.15) is 0 Å². The Hall–Kier alpha value is 0.0800. The summed E-state index contributed by atoms with van der Waals surface area (Å²) in [4.78, 5) is 0. The van der Waals surface area contributed by atoms with Gasteiger partial charge in [0.1, 0.15) is 11.9 Å². The first-order valence-electron chi connectivity index (χ1n) is 7.37. The van der Waals surface area contributed by atoms with Gasteiger partial charge in [0, 0.05) is 21.7 Å². The van der Waals surface area contributed by atoms with Crippen molar-refractivity contribution in [2.45, 2.75) is 56.4 Å². The Labute approximate surface area is 139 Å². The molecule has 0 N–H and O–H groups in total. The van der Waals surface area contributed by atoms with Crippen LogP contribution in [0.5, 0.6) is 5.75 Å². The second kappa shape index (κ2) is 6.06. The van der Waals surface area contributed by atoms with Crippen LogP contribution in [0.1, 0.15) is 44.9 Å². The van der Waals surface area contributed by atoms with Crippen molar-refractivity contribution in [1.82, 2.24) is 0 Å². The monoisotopic (exact) mass is 376 g/mol. The van der Waals surface area contributed by atoms with Crippen LogP contribution in [0.4, 0.5) is 0 Å². The van der Waals surface area contributed by atoms with E-state index in [1.807, 2.05) is 18.2 Å². The molecular weight excluding hydrogens is 359 g/mol. The number of rotatable bonds is 2. The highest BCUT2D eigenvalue weighted by molar-refractivity contribution is 9.10. The van der Waals surface area contributed by atoms with E-state index in [9.17, 15) is 0 Å². The van der Waals surface area contributed by atoms with Gasteiger partial charge in [-0.1, -0.05) is 53.2 Å². The molecule has 20 heavy (non-hydrogen) atoms. The molecule has 2 aliphatic rings. The van der Waals surface area contributed by atoms with Crippen LogP contribution in [0.15, 0.2) is 22.7 Å². The summed E-state index contributed by atoms with van der Waals surface area (Å²) in [6.07, 6.45) is 8.74. The maximum atomic E-state index is 6.57. The molecule has 0 heterocycles. The number of hydrogen-bond donors (Lipinski definition) is 0. The standard InChI is InChI=1S/C16H19BrCl2O/c17-11-5-6-12(18)13(9-11)20-15-10-14(19)16(15)7-3-1-2-4-8-16/h5-6,9,14-15H,1-4,7-8,10H2. The van der Waals surface area contributed by atoms with Gasteiger partial charge in [0.05, 0.1) is 5.02 Å². The van der Waals surface area contributed by atoms with Gasteiger partial charge in [-0.3, -0.25) is 0 Å². The molecule has 4 heteroatoms. The summed E-state index contributed by atoms with van der Waals surface area (Å²) in [5.41, 5.74) is 0.170. The van der Waals surface area contributed by atoms with Crippen LogP contribution in [-0.4, -0.2) is 11.5 Å². The van der Waals surface area contributed by atoms with E-state index in [0.717, 1.165) is 16.6 Å². The van der Waals surface area contributed by atoms with Crippen molar-refractivity contribution in [3.63, 3.8) is 0 Å². The van der Waals surface area contributed by atoms with E-state index in [1.54, 1.807) is 0 Å². The Morgan fingerprint density at radius 2 is 1.85 bits per heavy atom. The summed E-state index contributed by atoms with van der Waals surface area (Å²) in [5.74, 6) is 0.776. The number of hydrogen-bond acceptors (Lipinski definition) is 1. The van der Waals surface area contributed by atoms with Crippen LogP contribution in [-0.2, 0) is 0 Å². The van der Waals surface area contributed by atoms with Crippen LogP contribution in [0.2, 0.25) is 5.02 Å². The largest absolute Gasteiger partial charge is 0.488 e. The highest BCUT2D eigenvalue weighted by atomic mass is 79.9. The minimum Gasteiger partial charge on any atom is -0.488 e. The van der Waals surface area contributed by atoms with E-state index in [0.29, 0.717) is 5.02 Å². The molecule has 1 nitrogen and oxygen atoms in total. The summed E-state index contributed by atoms with van der Waals surface area (Å²) >= 11 is 16.3. The van der Waals surface area contributed by atoms with Crippen molar-refractivity contribution in [2.75, 3.05) is 0 Å². The summed E-state index contributed by atoms with van der Waals surface area (Å²) < 4.78 is 7.23. The third-order valence-corrected chi connectivity index (χ3v) is 6.30. The summed E-state index contributed by atoms with van der Waals surface area (Å²) in [6.45, 7) is 0. The Morgan fingerprint density at radius 3 is 2.50 bits per heavy atom. The second-order valence-corrected chi connectivity index (χ2v) is 7.88. The number of ether oxygens (including phenoxy) is 1. The fourth-order valence-corrected chi connectivity index (χ4v) is 4.63. The lowest BCUT2D eigenvalue weighted by Gasteiger charge is -2.53. The lowest BCUT2D eigenvalue weighted by Crippen LogP contribution is -2.57. The molecule has 0 aromatic heterocycles. The molecule has 1 aromatic rings. The molecule has 0 amide bonds. The minimum absolute atomic E-state index is 0.170. The Bertz CT molecular complexity index is 483. The van der Waals surface area contributed by atoms with E-state index in [4.69, 9.17) is 27.9 Å². The van der Waals surface area contributed by atoms with Crippen LogP contribution >= 0.6 is 39.1 Å². The van der Waals surface area contributed by atoms with E-state index in [-0.39, 0.29) is 16.9 Å². The highest BCUT2D eigenvalue weighted by Gasteiger charge is 2.55. The molecule has 1 aromatic carbocycles. The first kappa shape index (κ1) is 15.0. The topological polar surface area (TPSA) is 9.23 Å². The van der Waals surface area contributed by atoms with E-state index >= 15 is 0 Å². The van der Waals surface area contributed by atoms with E-state index in [2.05, 4.69) is 15.9 Å². The van der Waals surface area contributed by atoms with Crippen molar-refractivity contribution in [3.8, 4) is 5.75 Å². The molecule has 0 aliphatic heterocycles. The van der Waals surface area contributed by atoms with Gasteiger partial charge < -0.3 is 4.74 Å². The van der Waals surface area contributed by atoms with Crippen molar-refractivity contribution in [3.05, 3.63) is 27.7 Å². The summed E-state index contributed by atoms with van der Waals surface area (Å²) in [5, 5.41) is 0.937. The molecule has 110 valence electrons. The van der Waals surface area contributed by atoms with Crippen LogP contribution < -0.4 is 4.74 Å². The average Bonchev–Trinajstić information content (AvgIpc) is 2.70. The normalized spacial score (nSPS) is 28.8. The average molecular weight is 378 g/mol. The minimum atomic E-state index is 0.170. The zero-order valence-corrected chi connectivity index (χ0v) is 14.5. The van der Waals surface area contributed by atoms with Gasteiger partial charge in [0.2, 0.25) is 0 Å². The third-order valence-electron chi connectivity index (χ3n) is 4.88. The van der Waals surface area contributed by atoms with E-state index < -0.39 is 0 Å². The molecule has 0 bridgehead atoms. The molecule has 2 unspecified atom stereocenters. The lowest BCUT2D eigenvalue weighted by molar-refractivity contribution is -0.0512. The van der Waals surface area contributed by atoms with Gasteiger partial charge in [-0.05, 0) is 31.0 Å². The zero-order chi connectivity index (χ0) is 14.2. The smallest absolute Gasteiger partial charge is 0.139 e. The predicted octanol–water partition coefficient (Wildman–Crippen LogP) is 6.20. The molecule has 3 rings (SSSR count). The van der Waals surface area contributed by atoms with Gasteiger partial charge in [-0.25, -0.2) is 0 Å². The number of halogens is 3. The van der Waals surface area contributed by atoms with Crippen molar-refractivity contribution < 1.29 is 4.74 Å². The fraction of sp³-hybridized carbons (Fsp3) is 0.625. The summed E-state index contributed by atoms with van der Waals surface area (Å²) in [6, 6.07) is 5.76. The molecule has 2 aliphatic carbocycles. The Balaban J connectivity index is 1.78. The van der Waals surface area contributed by atoms with Crippen molar-refractivity contribution in [1.29, 1.82) is 0 Å². The van der Waals surface area contributed by atoms with Crippen molar-refractivity contribution >= 4 is 39.1 Å². The first-order valence-corrected chi connectivity index (χ1v) is 8.98. The first-order chi connectivity index (χ1) is 9.62. The number of benzene rings is 1. The third kappa shape index (κ3) is 2.71. The van der Waals surface area contributed by atoms with Crippen molar-refractivity contribution in [2.24, 2.45) is 5.41 Å². The van der Waals surface area contributed by atoms with Gasteiger partial charge in [0.25, 0.3) is 0 Å². The van der Waals surface area contributed by atoms with Gasteiger partial charge in [0.15, 0.2) is 0 Å². The van der Waals surface area contributed by atoms with Gasteiger partial charge >= 0.3 is 0 Å². The fourth-order valence-electron chi connectivity index (χ4n) is 3.61. The quantitative estimate of drug-likeness (QED) is 0.557. The highest BCUT2D eigenvalue weighted by Crippen LogP contribution is 2.55. The maximum absolute atomic E-state index is 6.57. The Kier molecular flexibility index (Phi) is 4.54. The van der Waals surface area contributed by atoms with Crippen LogP contribution in [0, 0.1) is 5.41 Å². The molecular formula is C16H19BrCl2O. The van der Waals surface area contributed by atoms with Gasteiger partial charge in [-0.15, -0.1) is 11.6 Å². The molecule has 2 saturated carbocycles. The Morgan fingerprint density at radius 1 is 1.15 bits per heavy atom.